The van der Waals surface area contributed by atoms with E-state index in [0.717, 1.165) is 51.4 Å². The van der Waals surface area contributed by atoms with E-state index in [1.165, 1.54) is 238 Å². The second-order valence-electron chi connectivity index (χ2n) is 20.0. The molecule has 0 spiro atoms. The van der Waals surface area contributed by atoms with Crippen LogP contribution in [-0.2, 0) is 14.3 Å². The van der Waals surface area contributed by atoms with Crippen LogP contribution in [0.1, 0.15) is 322 Å². The number of aliphatic hydroxyl groups is 2. The average molecular weight is 905 g/mol. The maximum atomic E-state index is 12.4. The van der Waals surface area contributed by atoms with E-state index in [0.29, 0.717) is 25.9 Å². The van der Waals surface area contributed by atoms with Gasteiger partial charge in [-0.25, -0.2) is 0 Å². The molecular formula is C58H113NO5. The SMILES string of the molecule is CCCCCCCCCCCCCCCCCCCCCC(=O)OCCCCCCCC/C=C\CCCCCCCCCC(=O)NC(CO)C(O)CCCCCCCCCCCCC. The van der Waals surface area contributed by atoms with Gasteiger partial charge in [-0.3, -0.25) is 9.59 Å². The first-order chi connectivity index (χ1) is 31.5. The molecule has 0 aromatic carbocycles. The minimum Gasteiger partial charge on any atom is -0.466 e. The number of carbonyl (C=O) groups is 2. The maximum absolute atomic E-state index is 12.4. The molecule has 0 heterocycles. The van der Waals surface area contributed by atoms with Crippen LogP contribution in [0, 0.1) is 0 Å². The van der Waals surface area contributed by atoms with Crippen molar-refractivity contribution in [1.29, 1.82) is 0 Å². The Labute approximate surface area is 399 Å². The topological polar surface area (TPSA) is 95.9 Å². The Hall–Kier alpha value is -1.40. The van der Waals surface area contributed by atoms with Crippen molar-refractivity contribution in [1.82, 2.24) is 5.32 Å². The molecule has 6 heteroatoms. The van der Waals surface area contributed by atoms with Crippen molar-refractivity contribution in [2.45, 2.75) is 334 Å². The van der Waals surface area contributed by atoms with Crippen molar-refractivity contribution in [3.63, 3.8) is 0 Å². The average Bonchev–Trinajstić information content (AvgIpc) is 3.29. The lowest BCUT2D eigenvalue weighted by Crippen LogP contribution is -2.45. The number of esters is 1. The van der Waals surface area contributed by atoms with Gasteiger partial charge in [0.15, 0.2) is 0 Å². The number of allylic oxidation sites excluding steroid dienone is 2. The molecule has 0 aliphatic rings. The van der Waals surface area contributed by atoms with Crippen molar-refractivity contribution in [2.24, 2.45) is 0 Å². The van der Waals surface area contributed by atoms with E-state index < -0.39 is 12.1 Å². The second-order valence-corrected chi connectivity index (χ2v) is 20.0. The Bertz CT molecular complexity index is 955. The number of unbranched alkanes of at least 4 members (excludes halogenated alkanes) is 41. The number of carbonyl (C=O) groups excluding carboxylic acids is 2. The van der Waals surface area contributed by atoms with Gasteiger partial charge in [-0.2, -0.15) is 0 Å². The molecule has 0 saturated heterocycles. The summed E-state index contributed by atoms with van der Waals surface area (Å²) in [4.78, 5) is 24.5. The van der Waals surface area contributed by atoms with Gasteiger partial charge in [0, 0.05) is 12.8 Å². The van der Waals surface area contributed by atoms with Crippen LogP contribution >= 0.6 is 0 Å². The molecule has 0 bridgehead atoms. The lowest BCUT2D eigenvalue weighted by atomic mass is 10.0. The molecule has 3 N–H and O–H groups in total. The van der Waals surface area contributed by atoms with E-state index in [1.54, 1.807) is 0 Å². The van der Waals surface area contributed by atoms with Crippen molar-refractivity contribution < 1.29 is 24.5 Å². The summed E-state index contributed by atoms with van der Waals surface area (Å²) in [6.07, 6.45) is 63.5. The third-order valence-electron chi connectivity index (χ3n) is 13.6. The second kappa shape index (κ2) is 54.2. The Morgan fingerprint density at radius 3 is 1.11 bits per heavy atom. The number of rotatable bonds is 54. The van der Waals surface area contributed by atoms with Crippen molar-refractivity contribution in [3.8, 4) is 0 Å². The van der Waals surface area contributed by atoms with Gasteiger partial charge in [-0.1, -0.05) is 270 Å². The number of hydrogen-bond donors (Lipinski definition) is 3. The first kappa shape index (κ1) is 62.6. The zero-order chi connectivity index (χ0) is 46.5. The highest BCUT2D eigenvalue weighted by molar-refractivity contribution is 5.76. The minimum absolute atomic E-state index is 0.00328. The zero-order valence-electron chi connectivity index (χ0n) is 43.3. The van der Waals surface area contributed by atoms with E-state index in [4.69, 9.17) is 4.74 Å². The van der Waals surface area contributed by atoms with E-state index in [2.05, 4.69) is 31.3 Å². The highest BCUT2D eigenvalue weighted by atomic mass is 16.5. The number of amides is 1. The molecule has 0 rings (SSSR count). The molecule has 0 aromatic heterocycles. The van der Waals surface area contributed by atoms with E-state index in [1.807, 2.05) is 0 Å². The Balaban J connectivity index is 3.40. The van der Waals surface area contributed by atoms with Crippen LogP contribution in [-0.4, -0.2) is 47.4 Å². The molecule has 2 unspecified atom stereocenters. The number of hydrogen-bond acceptors (Lipinski definition) is 5. The van der Waals surface area contributed by atoms with Gasteiger partial charge in [-0.15, -0.1) is 0 Å². The predicted octanol–water partition coefficient (Wildman–Crippen LogP) is 17.7. The molecule has 0 aliphatic heterocycles. The fourth-order valence-electron chi connectivity index (χ4n) is 9.11. The van der Waals surface area contributed by atoms with E-state index >= 15 is 0 Å². The van der Waals surface area contributed by atoms with Crippen LogP contribution < -0.4 is 5.32 Å². The molecule has 1 amide bonds. The number of aliphatic hydroxyl groups excluding tert-OH is 2. The highest BCUT2D eigenvalue weighted by Gasteiger charge is 2.20. The van der Waals surface area contributed by atoms with Crippen LogP contribution in [0.3, 0.4) is 0 Å². The van der Waals surface area contributed by atoms with E-state index in [-0.39, 0.29) is 18.5 Å². The summed E-state index contributed by atoms with van der Waals surface area (Å²) in [7, 11) is 0. The van der Waals surface area contributed by atoms with Crippen LogP contribution in [0.2, 0.25) is 0 Å². The molecular weight excluding hydrogens is 791 g/mol. The fraction of sp³-hybridized carbons (Fsp3) is 0.931. The van der Waals surface area contributed by atoms with E-state index in [9.17, 15) is 19.8 Å². The van der Waals surface area contributed by atoms with Crippen LogP contribution in [0.25, 0.3) is 0 Å². The summed E-state index contributed by atoms with van der Waals surface area (Å²) in [5, 5.41) is 23.2. The Morgan fingerprint density at radius 2 is 0.734 bits per heavy atom. The quantitative estimate of drug-likeness (QED) is 0.0321. The molecule has 0 fully saturated rings. The van der Waals surface area contributed by atoms with Gasteiger partial charge >= 0.3 is 5.97 Å². The zero-order valence-corrected chi connectivity index (χ0v) is 43.3. The van der Waals surface area contributed by atoms with Crippen molar-refractivity contribution in [3.05, 3.63) is 12.2 Å². The van der Waals surface area contributed by atoms with Crippen molar-refractivity contribution in [2.75, 3.05) is 13.2 Å². The van der Waals surface area contributed by atoms with Gasteiger partial charge in [0.25, 0.3) is 0 Å². The monoisotopic (exact) mass is 904 g/mol. The van der Waals surface area contributed by atoms with Gasteiger partial charge < -0.3 is 20.3 Å². The summed E-state index contributed by atoms with van der Waals surface area (Å²) in [5.41, 5.74) is 0. The maximum Gasteiger partial charge on any atom is 0.305 e. The molecule has 0 radical (unpaired) electrons. The van der Waals surface area contributed by atoms with Gasteiger partial charge in [-0.05, 0) is 51.4 Å². The molecule has 0 aliphatic carbocycles. The summed E-state index contributed by atoms with van der Waals surface area (Å²) in [5.74, 6) is -0.0436. The van der Waals surface area contributed by atoms with Crippen LogP contribution in [0.4, 0.5) is 0 Å². The van der Waals surface area contributed by atoms with Crippen LogP contribution in [0.5, 0.6) is 0 Å². The number of nitrogens with one attached hydrogen (secondary N) is 1. The predicted molar refractivity (Wildman–Crippen MR) is 278 cm³/mol. The number of ether oxygens (including phenoxy) is 1. The largest absolute Gasteiger partial charge is 0.466 e. The molecule has 2 atom stereocenters. The van der Waals surface area contributed by atoms with Gasteiger partial charge in [0.2, 0.25) is 5.91 Å². The fourth-order valence-corrected chi connectivity index (χ4v) is 9.11. The van der Waals surface area contributed by atoms with Gasteiger partial charge in [0.05, 0.1) is 25.4 Å². The molecule has 0 aromatic rings. The lowest BCUT2D eigenvalue weighted by molar-refractivity contribution is -0.143. The summed E-state index contributed by atoms with van der Waals surface area (Å²) in [6, 6.07) is -0.548. The third kappa shape index (κ3) is 50.0. The summed E-state index contributed by atoms with van der Waals surface area (Å²) >= 11 is 0. The molecule has 6 nitrogen and oxygen atoms in total. The molecule has 0 saturated carbocycles. The molecule has 380 valence electrons. The third-order valence-corrected chi connectivity index (χ3v) is 13.6. The van der Waals surface area contributed by atoms with Crippen LogP contribution in [0.15, 0.2) is 12.2 Å². The highest BCUT2D eigenvalue weighted by Crippen LogP contribution is 2.17. The minimum atomic E-state index is -0.670. The van der Waals surface area contributed by atoms with Crippen molar-refractivity contribution >= 4 is 11.9 Å². The Morgan fingerprint density at radius 1 is 0.422 bits per heavy atom. The first-order valence-corrected chi connectivity index (χ1v) is 28.9. The summed E-state index contributed by atoms with van der Waals surface area (Å²) < 4.78 is 5.49. The first-order valence-electron chi connectivity index (χ1n) is 28.9. The summed E-state index contributed by atoms with van der Waals surface area (Å²) in [6.45, 7) is 4.94. The standard InChI is InChI=1S/C58H113NO5/c1-3-5-7-9-11-13-15-16-17-18-19-22-25-28-32-36-40-44-48-52-58(63)64-53-49-45-41-37-33-29-26-23-20-21-24-27-31-35-39-43-47-51-57(62)59-55(54-60)56(61)50-46-42-38-34-30-14-12-10-8-6-4-2/h20,23,55-56,60-61H,3-19,21-22,24-54H2,1-2H3,(H,59,62)/b23-20-. The lowest BCUT2D eigenvalue weighted by Gasteiger charge is -2.22. The smallest absolute Gasteiger partial charge is 0.305 e. The Kier molecular flexibility index (Phi) is 53.0. The van der Waals surface area contributed by atoms with Gasteiger partial charge in [0.1, 0.15) is 0 Å². The molecule has 64 heavy (non-hydrogen) atoms. The normalized spacial score (nSPS) is 12.6.